The zero-order chi connectivity index (χ0) is 33.3. The summed E-state index contributed by atoms with van der Waals surface area (Å²) >= 11 is 12.7. The number of aromatic nitrogens is 2. The van der Waals surface area contributed by atoms with E-state index in [2.05, 4.69) is 33.0 Å². The molecule has 1 atom stereocenters. The Balaban J connectivity index is 1.22. The number of ether oxygens (including phenoxy) is 3. The molecule has 0 aliphatic carbocycles. The van der Waals surface area contributed by atoms with E-state index in [9.17, 15) is 4.79 Å². The minimum atomic E-state index is -0.117. The number of nitrogens with one attached hydrogen (secondary N) is 1. The Kier molecular flexibility index (Phi) is 12.3. The smallest absolute Gasteiger partial charge is 0.257 e. The highest BCUT2D eigenvalue weighted by molar-refractivity contribution is 6.42. The van der Waals surface area contributed by atoms with Crippen LogP contribution in [-0.4, -0.2) is 92.0 Å². The molecular weight excluding hydrogens is 637 g/mol. The van der Waals surface area contributed by atoms with Gasteiger partial charge in [-0.2, -0.15) is 0 Å². The number of rotatable bonds is 15. The van der Waals surface area contributed by atoms with E-state index >= 15 is 0 Å². The first-order valence-corrected chi connectivity index (χ1v) is 17.0. The summed E-state index contributed by atoms with van der Waals surface area (Å²) in [4.78, 5) is 22.8. The summed E-state index contributed by atoms with van der Waals surface area (Å²) in [6.45, 7) is 7.49. The normalized spacial score (nSPS) is 14.7. The number of nitrogens with zero attached hydrogens (tertiary/aromatic N) is 4. The lowest BCUT2D eigenvalue weighted by Crippen LogP contribution is -2.40. The maximum atomic E-state index is 13.6. The topological polar surface area (TPSA) is 81.1 Å². The van der Waals surface area contributed by atoms with Gasteiger partial charge in [0.15, 0.2) is 0 Å². The summed E-state index contributed by atoms with van der Waals surface area (Å²) in [7, 11) is 4.97. The third-order valence-corrected chi connectivity index (χ3v) is 9.67. The van der Waals surface area contributed by atoms with E-state index in [1.165, 1.54) is 0 Å². The first-order valence-electron chi connectivity index (χ1n) is 16.3. The van der Waals surface area contributed by atoms with E-state index in [1.807, 2.05) is 38.2 Å². The van der Waals surface area contributed by atoms with Crippen LogP contribution < -0.4 is 14.8 Å². The van der Waals surface area contributed by atoms with Crippen LogP contribution in [-0.2, 0) is 11.3 Å². The minimum absolute atomic E-state index is 0.0593. The predicted molar refractivity (Wildman–Crippen MR) is 190 cm³/mol. The molecule has 0 spiro atoms. The van der Waals surface area contributed by atoms with E-state index in [-0.39, 0.29) is 11.8 Å². The average Bonchev–Trinajstić information content (AvgIpc) is 3.44. The molecule has 11 heteroatoms. The summed E-state index contributed by atoms with van der Waals surface area (Å²) in [5, 5.41) is 4.77. The minimum Gasteiger partial charge on any atom is -0.497 e. The van der Waals surface area contributed by atoms with E-state index < -0.39 is 0 Å². The van der Waals surface area contributed by atoms with Crippen molar-refractivity contribution in [2.75, 3.05) is 66.0 Å². The number of amides is 1. The third-order valence-electron chi connectivity index (χ3n) is 8.93. The number of likely N-dealkylation sites (N-methyl/N-ethyl adjacent to an activating group) is 1. The largest absolute Gasteiger partial charge is 0.497 e. The number of para-hydroxylation sites is 2. The summed E-state index contributed by atoms with van der Waals surface area (Å²) in [6, 6.07) is 19.6. The van der Waals surface area contributed by atoms with Crippen LogP contribution in [0.1, 0.15) is 48.0 Å². The maximum Gasteiger partial charge on any atom is 0.257 e. The van der Waals surface area contributed by atoms with Crippen LogP contribution >= 0.6 is 23.2 Å². The molecule has 0 bridgehead atoms. The molecule has 0 saturated carbocycles. The van der Waals surface area contributed by atoms with Crippen molar-refractivity contribution in [2.24, 2.45) is 0 Å². The van der Waals surface area contributed by atoms with Crippen LogP contribution in [0.25, 0.3) is 11.0 Å². The van der Waals surface area contributed by atoms with E-state index in [0.717, 1.165) is 68.0 Å². The molecule has 1 aromatic heterocycles. The van der Waals surface area contributed by atoms with Crippen molar-refractivity contribution in [2.45, 2.75) is 44.7 Å². The fourth-order valence-electron chi connectivity index (χ4n) is 6.26. The number of anilines is 1. The van der Waals surface area contributed by atoms with Gasteiger partial charge >= 0.3 is 0 Å². The van der Waals surface area contributed by atoms with Crippen LogP contribution in [0.4, 0.5) is 5.95 Å². The van der Waals surface area contributed by atoms with Gasteiger partial charge in [-0.1, -0.05) is 41.4 Å². The number of halogens is 2. The molecule has 5 rings (SSSR count). The first-order chi connectivity index (χ1) is 22.8. The highest BCUT2D eigenvalue weighted by atomic mass is 35.5. The van der Waals surface area contributed by atoms with Crippen molar-refractivity contribution in [1.82, 2.24) is 19.4 Å². The number of imidazole rings is 1. The number of carbonyl (C=O) groups is 1. The lowest BCUT2D eigenvalue weighted by Gasteiger charge is -2.34. The van der Waals surface area contributed by atoms with Gasteiger partial charge in [-0.05, 0) is 74.7 Å². The number of benzene rings is 3. The Hall–Kier alpha value is -3.50. The number of piperidine rings is 1. The molecule has 2 heterocycles. The fourth-order valence-corrected chi connectivity index (χ4v) is 6.56. The zero-order valence-electron chi connectivity index (χ0n) is 27.7. The molecule has 9 nitrogen and oxygen atoms in total. The van der Waals surface area contributed by atoms with E-state index in [4.69, 9.17) is 42.4 Å². The van der Waals surface area contributed by atoms with Gasteiger partial charge in [-0.3, -0.25) is 4.79 Å². The van der Waals surface area contributed by atoms with Crippen molar-refractivity contribution < 1.29 is 19.0 Å². The fraction of sp³-hybridized carbons (Fsp3) is 0.444. The molecule has 1 aliphatic rings. The molecule has 1 aliphatic heterocycles. The summed E-state index contributed by atoms with van der Waals surface area (Å²) < 4.78 is 18.7. The van der Waals surface area contributed by atoms with Gasteiger partial charge in [-0.15, -0.1) is 0 Å². The van der Waals surface area contributed by atoms with Gasteiger partial charge in [0.25, 0.3) is 5.91 Å². The molecule has 47 heavy (non-hydrogen) atoms. The SMILES string of the molecule is CCOCCn1c(NC2CCN(CCC(CN(C)C(=O)c3ccc(OC)cc3OC)c3ccc(Cl)c(Cl)c3)CC2)nc2ccccc21. The van der Waals surface area contributed by atoms with Crippen LogP contribution in [0, 0.1) is 0 Å². The van der Waals surface area contributed by atoms with Crippen molar-refractivity contribution in [1.29, 1.82) is 0 Å². The molecule has 252 valence electrons. The van der Waals surface area contributed by atoms with E-state index in [0.29, 0.717) is 52.9 Å². The number of methoxy groups -OCH3 is 2. The number of fused-ring (bicyclic) bond motifs is 1. The maximum absolute atomic E-state index is 13.6. The van der Waals surface area contributed by atoms with Gasteiger partial charge in [0, 0.05) is 57.9 Å². The molecule has 3 aromatic carbocycles. The Morgan fingerprint density at radius 1 is 1.02 bits per heavy atom. The summed E-state index contributed by atoms with van der Waals surface area (Å²) in [6.07, 6.45) is 2.89. The lowest BCUT2D eigenvalue weighted by atomic mass is 9.94. The van der Waals surface area contributed by atoms with Crippen LogP contribution in [0.2, 0.25) is 10.0 Å². The standard InChI is InChI=1S/C36H45Cl2N5O4/c1-5-47-21-20-43-33-9-7-6-8-32(33)40-36(43)39-27-15-18-42(19-16-27)17-14-26(25-10-13-30(37)31(38)22-25)24-41(2)35(44)29-12-11-28(45-3)23-34(29)46-4/h6-13,22-23,26-27H,5,14-21,24H2,1-4H3,(H,39,40). The number of carbonyl (C=O) groups excluding carboxylic acids is 1. The average molecular weight is 683 g/mol. The van der Waals surface area contributed by atoms with Gasteiger partial charge in [0.1, 0.15) is 11.5 Å². The van der Waals surface area contributed by atoms with Crippen molar-refractivity contribution in [3.63, 3.8) is 0 Å². The van der Waals surface area contributed by atoms with E-state index in [1.54, 1.807) is 37.3 Å². The molecule has 1 unspecified atom stereocenters. The van der Waals surface area contributed by atoms with Crippen LogP contribution in [0.15, 0.2) is 60.7 Å². The molecule has 1 saturated heterocycles. The van der Waals surface area contributed by atoms with Crippen LogP contribution in [0.3, 0.4) is 0 Å². The highest BCUT2D eigenvalue weighted by Crippen LogP contribution is 2.31. The second-order valence-corrected chi connectivity index (χ2v) is 12.8. The molecule has 0 radical (unpaired) electrons. The van der Waals surface area contributed by atoms with Crippen molar-refractivity contribution in [3.8, 4) is 11.5 Å². The van der Waals surface area contributed by atoms with Crippen molar-refractivity contribution in [3.05, 3.63) is 81.8 Å². The van der Waals surface area contributed by atoms with Crippen molar-refractivity contribution >= 4 is 46.1 Å². The highest BCUT2D eigenvalue weighted by Gasteiger charge is 2.25. The molecule has 1 amide bonds. The second-order valence-electron chi connectivity index (χ2n) is 11.9. The number of hydrogen-bond acceptors (Lipinski definition) is 7. The molecule has 4 aromatic rings. The predicted octanol–water partition coefficient (Wildman–Crippen LogP) is 7.22. The second kappa shape index (κ2) is 16.6. The number of hydrogen-bond donors (Lipinski definition) is 1. The Labute approximate surface area is 287 Å². The zero-order valence-corrected chi connectivity index (χ0v) is 29.2. The third kappa shape index (κ3) is 8.70. The molecule has 1 fully saturated rings. The Bertz CT molecular complexity index is 1640. The first kappa shape index (κ1) is 34.8. The Morgan fingerprint density at radius 3 is 2.53 bits per heavy atom. The van der Waals surface area contributed by atoms with Crippen LogP contribution in [0.5, 0.6) is 11.5 Å². The quantitative estimate of drug-likeness (QED) is 0.133. The summed E-state index contributed by atoms with van der Waals surface area (Å²) in [5.41, 5.74) is 3.66. The number of likely N-dealkylation sites (tertiary alicyclic amines) is 1. The summed E-state index contributed by atoms with van der Waals surface area (Å²) in [5.74, 6) is 1.96. The van der Waals surface area contributed by atoms with Gasteiger partial charge in [-0.25, -0.2) is 4.98 Å². The monoisotopic (exact) mass is 681 g/mol. The van der Waals surface area contributed by atoms with Gasteiger partial charge in [0.05, 0.1) is 47.5 Å². The Morgan fingerprint density at radius 2 is 1.81 bits per heavy atom. The molecule has 1 N–H and O–H groups in total. The van der Waals surface area contributed by atoms with Gasteiger partial charge in [0.2, 0.25) is 5.95 Å². The molecular formula is C36H45Cl2N5O4. The van der Waals surface area contributed by atoms with Gasteiger partial charge < -0.3 is 33.9 Å². The lowest BCUT2D eigenvalue weighted by molar-refractivity contribution is 0.0778.